The van der Waals surface area contributed by atoms with Crippen LogP contribution >= 0.6 is 11.9 Å². The molecule has 0 aliphatic heterocycles. The van der Waals surface area contributed by atoms with Crippen molar-refractivity contribution in [3.8, 4) is 5.88 Å². The number of halogens is 1. The summed E-state index contributed by atoms with van der Waals surface area (Å²) < 4.78 is 21.2. The third kappa shape index (κ3) is 6.29. The van der Waals surface area contributed by atoms with Gasteiger partial charge in [0.15, 0.2) is 0 Å². The molecule has 26 heavy (non-hydrogen) atoms. The lowest BCUT2D eigenvalue weighted by molar-refractivity contribution is 0.164. The summed E-state index contributed by atoms with van der Waals surface area (Å²) in [4.78, 5) is 5.25. The van der Waals surface area contributed by atoms with Crippen LogP contribution in [0.25, 0.3) is 0 Å². The Kier molecular flexibility index (Phi) is 8.39. The number of pyridine rings is 1. The van der Waals surface area contributed by atoms with Crippen molar-refractivity contribution in [1.82, 2.24) is 9.29 Å². The van der Waals surface area contributed by atoms with Gasteiger partial charge in [0.1, 0.15) is 5.82 Å². The highest BCUT2D eigenvalue weighted by Gasteiger charge is 2.25. The van der Waals surface area contributed by atoms with E-state index < -0.39 is 0 Å². The lowest BCUT2D eigenvalue weighted by atomic mass is 9.94. The van der Waals surface area contributed by atoms with Gasteiger partial charge in [0.05, 0.1) is 12.8 Å². The topological polar surface area (TPSA) is 25.4 Å². The fourth-order valence-corrected chi connectivity index (χ4v) is 4.36. The van der Waals surface area contributed by atoms with Crippen molar-refractivity contribution in [1.29, 1.82) is 0 Å². The minimum Gasteiger partial charge on any atom is -0.477 e. The van der Waals surface area contributed by atoms with Crippen LogP contribution in [0.3, 0.4) is 0 Å². The molecule has 0 N–H and O–H groups in total. The maximum atomic E-state index is 13.0. The minimum atomic E-state index is -0.344. The Hall–Kier alpha value is -1.59. The predicted octanol–water partition coefficient (Wildman–Crippen LogP) is 5.74. The first-order chi connectivity index (χ1) is 12.5. The van der Waals surface area contributed by atoms with Crippen molar-refractivity contribution >= 4 is 11.9 Å². The van der Waals surface area contributed by atoms with Gasteiger partial charge in [-0.05, 0) is 62.5 Å². The molecule has 0 bridgehead atoms. The van der Waals surface area contributed by atoms with Crippen LogP contribution in [0.1, 0.15) is 38.7 Å². The maximum absolute atomic E-state index is 13.0. The average molecular weight is 377 g/mol. The first-order valence-electron chi connectivity index (χ1n) is 9.25. The molecule has 1 aromatic carbocycles. The molecule has 1 aromatic heterocycles. The number of aryl methyl sites for hydroxylation is 1. The predicted molar refractivity (Wildman–Crippen MR) is 107 cm³/mol. The fraction of sp³-hybridized carbons (Fsp3) is 0.476. The molecule has 3 nitrogen and oxygen atoms in total. The normalized spacial score (nSPS) is 13.6. The molecule has 0 saturated heterocycles. The molecule has 0 aliphatic rings. The molecule has 2 unspecified atom stereocenters. The number of aromatic nitrogens is 1. The summed E-state index contributed by atoms with van der Waals surface area (Å²) in [7, 11) is 2.15. The lowest BCUT2D eigenvalue weighted by Gasteiger charge is -2.33. The van der Waals surface area contributed by atoms with Gasteiger partial charge in [0.2, 0.25) is 5.88 Å². The molecular formula is C21H29FN2OS. The van der Waals surface area contributed by atoms with E-state index in [1.165, 1.54) is 22.7 Å². The Morgan fingerprint density at radius 1 is 1.23 bits per heavy atom. The fourth-order valence-electron chi connectivity index (χ4n) is 3.19. The molecule has 1 heterocycles. The van der Waals surface area contributed by atoms with Crippen LogP contribution in [0.15, 0.2) is 47.5 Å². The molecule has 0 amide bonds. The summed E-state index contributed by atoms with van der Waals surface area (Å²) in [5.74, 6) is 0.527. The molecule has 2 atom stereocenters. The van der Waals surface area contributed by atoms with Gasteiger partial charge in [-0.3, -0.25) is 0 Å². The molecule has 2 aromatic rings. The number of hydrogen-bond acceptors (Lipinski definition) is 4. The first kappa shape index (κ1) is 20.7. The largest absolute Gasteiger partial charge is 0.477 e. The van der Waals surface area contributed by atoms with Crippen molar-refractivity contribution in [2.75, 3.05) is 13.7 Å². The Balaban J connectivity index is 2.02. The maximum Gasteiger partial charge on any atom is 0.213 e. The van der Waals surface area contributed by atoms with Crippen molar-refractivity contribution in [2.45, 2.75) is 51.0 Å². The van der Waals surface area contributed by atoms with Gasteiger partial charge in [0.25, 0.3) is 0 Å². The first-order valence-corrected chi connectivity index (χ1v) is 10.0. The lowest BCUT2D eigenvalue weighted by Crippen LogP contribution is -2.36. The molecule has 2 rings (SSSR count). The molecule has 0 fully saturated rings. The zero-order valence-electron chi connectivity index (χ0n) is 16.1. The van der Waals surface area contributed by atoms with Crippen molar-refractivity contribution < 1.29 is 9.13 Å². The van der Waals surface area contributed by atoms with E-state index in [0.717, 1.165) is 19.3 Å². The van der Waals surface area contributed by atoms with Gasteiger partial charge < -0.3 is 4.74 Å². The second-order valence-corrected chi connectivity index (χ2v) is 7.83. The van der Waals surface area contributed by atoms with E-state index in [-0.39, 0.29) is 5.82 Å². The van der Waals surface area contributed by atoms with Gasteiger partial charge in [-0.1, -0.05) is 32.4 Å². The third-order valence-electron chi connectivity index (χ3n) is 4.47. The van der Waals surface area contributed by atoms with Crippen LogP contribution < -0.4 is 4.74 Å². The number of rotatable bonds is 10. The number of hydrogen-bond donors (Lipinski definition) is 0. The van der Waals surface area contributed by atoms with Crippen LogP contribution in [0.2, 0.25) is 0 Å². The standard InChI is InChI=1S/C21H29FN2OS/c1-5-8-17(15-25-21-12-11-18(22)14-23-21)20(6-2)24(4)26-19-10-7-9-16(3)13-19/h7,9-14,17,20H,5-6,8,15H2,1-4H3. The summed E-state index contributed by atoms with van der Waals surface area (Å²) in [5.41, 5.74) is 1.27. The van der Waals surface area contributed by atoms with Crippen LogP contribution in [0.4, 0.5) is 4.39 Å². The molecule has 5 heteroatoms. The molecular weight excluding hydrogens is 347 g/mol. The SMILES string of the molecule is CCCC(COc1ccc(F)cn1)C(CC)N(C)Sc1cccc(C)c1. The van der Waals surface area contributed by atoms with Crippen molar-refractivity contribution in [3.05, 3.63) is 54.0 Å². The van der Waals surface area contributed by atoms with E-state index in [1.54, 1.807) is 18.0 Å². The van der Waals surface area contributed by atoms with E-state index in [2.05, 4.69) is 61.4 Å². The summed E-state index contributed by atoms with van der Waals surface area (Å²) in [6.07, 6.45) is 4.42. The monoisotopic (exact) mass is 376 g/mol. The highest BCUT2D eigenvalue weighted by molar-refractivity contribution is 7.97. The van der Waals surface area contributed by atoms with Gasteiger partial charge in [-0.2, -0.15) is 0 Å². The number of benzene rings is 1. The zero-order chi connectivity index (χ0) is 18.9. The van der Waals surface area contributed by atoms with Gasteiger partial charge in [-0.15, -0.1) is 0 Å². The number of ether oxygens (including phenoxy) is 1. The van der Waals surface area contributed by atoms with E-state index >= 15 is 0 Å². The van der Waals surface area contributed by atoms with E-state index in [4.69, 9.17) is 4.74 Å². The molecule has 0 aliphatic carbocycles. The van der Waals surface area contributed by atoms with Crippen LogP contribution in [0.5, 0.6) is 5.88 Å². The van der Waals surface area contributed by atoms with E-state index in [0.29, 0.717) is 24.4 Å². The quantitative estimate of drug-likeness (QED) is 0.494. The zero-order valence-corrected chi connectivity index (χ0v) is 16.9. The number of nitrogens with zero attached hydrogens (tertiary/aromatic N) is 2. The Bertz CT molecular complexity index is 665. The highest BCUT2D eigenvalue weighted by Crippen LogP contribution is 2.30. The van der Waals surface area contributed by atoms with Crippen LogP contribution in [0, 0.1) is 18.7 Å². The third-order valence-corrected chi connectivity index (χ3v) is 5.50. The van der Waals surface area contributed by atoms with Gasteiger partial charge >= 0.3 is 0 Å². The average Bonchev–Trinajstić information content (AvgIpc) is 2.61. The summed E-state index contributed by atoms with van der Waals surface area (Å²) in [6.45, 7) is 7.12. The van der Waals surface area contributed by atoms with Crippen molar-refractivity contribution in [3.63, 3.8) is 0 Å². The second kappa shape index (κ2) is 10.5. The molecule has 0 radical (unpaired) electrons. The van der Waals surface area contributed by atoms with Crippen LogP contribution in [-0.2, 0) is 0 Å². The smallest absolute Gasteiger partial charge is 0.213 e. The molecule has 0 saturated carbocycles. The van der Waals surface area contributed by atoms with E-state index in [1.807, 2.05) is 0 Å². The van der Waals surface area contributed by atoms with Crippen LogP contribution in [-0.4, -0.2) is 29.0 Å². The second-order valence-electron chi connectivity index (χ2n) is 6.60. The molecule has 142 valence electrons. The summed E-state index contributed by atoms with van der Waals surface area (Å²) >= 11 is 1.78. The van der Waals surface area contributed by atoms with Crippen molar-refractivity contribution in [2.24, 2.45) is 5.92 Å². The van der Waals surface area contributed by atoms with Gasteiger partial charge in [0, 0.05) is 22.9 Å². The molecule has 0 spiro atoms. The van der Waals surface area contributed by atoms with E-state index in [9.17, 15) is 4.39 Å². The highest BCUT2D eigenvalue weighted by atomic mass is 32.2. The summed E-state index contributed by atoms with van der Waals surface area (Å²) in [6, 6.07) is 11.9. The Labute approximate surface area is 161 Å². The van der Waals surface area contributed by atoms with Gasteiger partial charge in [-0.25, -0.2) is 13.7 Å². The Morgan fingerprint density at radius 2 is 2.04 bits per heavy atom. The Morgan fingerprint density at radius 3 is 2.65 bits per heavy atom. The minimum absolute atomic E-state index is 0.344. The summed E-state index contributed by atoms with van der Waals surface area (Å²) in [5, 5.41) is 0.